The molecule has 7 nitrogen and oxygen atoms in total. The van der Waals surface area contributed by atoms with Gasteiger partial charge in [0, 0.05) is 43.9 Å². The van der Waals surface area contributed by atoms with Gasteiger partial charge in [-0.25, -0.2) is 14.8 Å². The molecule has 5 rings (SSSR count). The Morgan fingerprint density at radius 3 is 2.69 bits per heavy atom. The second-order valence-corrected chi connectivity index (χ2v) is 9.59. The van der Waals surface area contributed by atoms with Crippen molar-refractivity contribution in [3.63, 3.8) is 0 Å². The first-order valence-corrected chi connectivity index (χ1v) is 12.1. The number of piperazine rings is 1. The Morgan fingerprint density at radius 2 is 1.91 bits per heavy atom. The van der Waals surface area contributed by atoms with Crippen molar-refractivity contribution < 1.29 is 9.53 Å². The number of nitrogens with zero attached hydrogens (tertiary/aromatic N) is 4. The van der Waals surface area contributed by atoms with Crippen LogP contribution in [0.4, 0.5) is 16.3 Å². The third-order valence-corrected chi connectivity index (χ3v) is 7.55. The van der Waals surface area contributed by atoms with Crippen molar-refractivity contribution in [2.24, 2.45) is 0 Å². The molecular formula is C24H29N5O2S. The van der Waals surface area contributed by atoms with Crippen LogP contribution in [0.15, 0.2) is 24.3 Å². The first kappa shape index (κ1) is 21.2. The monoisotopic (exact) mass is 451 g/mol. The summed E-state index contributed by atoms with van der Waals surface area (Å²) in [6, 6.07) is 7.83. The van der Waals surface area contributed by atoms with Crippen molar-refractivity contribution in [1.82, 2.24) is 14.9 Å². The van der Waals surface area contributed by atoms with Gasteiger partial charge in [-0.2, -0.15) is 0 Å². The molecule has 1 aliphatic carbocycles. The van der Waals surface area contributed by atoms with E-state index in [-0.39, 0.29) is 6.03 Å². The molecule has 168 valence electrons. The van der Waals surface area contributed by atoms with Gasteiger partial charge in [0.2, 0.25) is 0 Å². The van der Waals surface area contributed by atoms with Gasteiger partial charge in [-0.1, -0.05) is 18.2 Å². The number of amides is 2. The summed E-state index contributed by atoms with van der Waals surface area (Å²) in [6.07, 6.45) is 4.73. The van der Waals surface area contributed by atoms with E-state index < -0.39 is 0 Å². The summed E-state index contributed by atoms with van der Waals surface area (Å²) in [5.74, 6) is 1.74. The Bertz CT molecular complexity index is 1140. The van der Waals surface area contributed by atoms with E-state index in [1.54, 1.807) is 7.11 Å². The third-order valence-electron chi connectivity index (χ3n) is 6.37. The maximum absolute atomic E-state index is 12.8. The molecule has 3 aromatic rings. The average Bonchev–Trinajstić information content (AvgIpc) is 3.19. The number of methoxy groups -OCH3 is 1. The zero-order valence-corrected chi connectivity index (χ0v) is 19.5. The van der Waals surface area contributed by atoms with Crippen molar-refractivity contribution in [3.05, 3.63) is 46.1 Å². The summed E-state index contributed by atoms with van der Waals surface area (Å²) in [6.45, 7) is 5.25. The number of benzene rings is 1. The molecule has 32 heavy (non-hydrogen) atoms. The lowest BCUT2D eigenvalue weighted by atomic mass is 9.97. The summed E-state index contributed by atoms with van der Waals surface area (Å²) in [5, 5.41) is 4.28. The van der Waals surface area contributed by atoms with Gasteiger partial charge in [0.15, 0.2) is 5.82 Å². The number of hydrogen-bond acceptors (Lipinski definition) is 6. The summed E-state index contributed by atoms with van der Waals surface area (Å²) in [4.78, 5) is 29.3. The maximum Gasteiger partial charge on any atom is 0.321 e. The van der Waals surface area contributed by atoms with Crippen molar-refractivity contribution >= 4 is 39.1 Å². The first-order valence-electron chi connectivity index (χ1n) is 11.3. The SMILES string of the molecule is COCc1nc(N2CCN(C(=O)Nc3ccccc3C)CC2)c2c3c(sc2n1)CCCC3. The number of nitrogens with one attached hydrogen (secondary N) is 1. The number of thiophene rings is 1. The second kappa shape index (κ2) is 9.03. The number of fused-ring (bicyclic) bond motifs is 3. The number of carbonyl (C=O) groups excluding carboxylic acids is 1. The lowest BCUT2D eigenvalue weighted by molar-refractivity contribution is 0.178. The number of aromatic nitrogens is 2. The molecule has 0 atom stereocenters. The molecule has 0 unspecified atom stereocenters. The predicted octanol–water partition coefficient (Wildman–Crippen LogP) is 4.38. The molecular weight excluding hydrogens is 422 g/mol. The Hall–Kier alpha value is -2.71. The Morgan fingerprint density at radius 1 is 1.12 bits per heavy atom. The zero-order chi connectivity index (χ0) is 22.1. The van der Waals surface area contributed by atoms with Crippen LogP contribution in [-0.2, 0) is 24.2 Å². The van der Waals surface area contributed by atoms with Gasteiger partial charge in [0.25, 0.3) is 0 Å². The first-order chi connectivity index (χ1) is 15.6. The second-order valence-electron chi connectivity index (χ2n) is 8.51. The highest BCUT2D eigenvalue weighted by atomic mass is 32.1. The number of rotatable bonds is 4. The van der Waals surface area contributed by atoms with E-state index >= 15 is 0 Å². The third kappa shape index (κ3) is 4.04. The highest BCUT2D eigenvalue weighted by molar-refractivity contribution is 7.19. The van der Waals surface area contributed by atoms with Gasteiger partial charge in [-0.15, -0.1) is 11.3 Å². The highest BCUT2D eigenvalue weighted by Gasteiger charge is 2.27. The smallest absolute Gasteiger partial charge is 0.321 e. The van der Waals surface area contributed by atoms with Gasteiger partial charge in [0.05, 0.1) is 5.39 Å². The fourth-order valence-electron chi connectivity index (χ4n) is 4.63. The number of ether oxygens (including phenoxy) is 1. The predicted molar refractivity (Wildman–Crippen MR) is 129 cm³/mol. The van der Waals surface area contributed by atoms with Crippen LogP contribution >= 0.6 is 11.3 Å². The van der Waals surface area contributed by atoms with E-state index in [1.807, 2.05) is 47.4 Å². The molecule has 1 N–H and O–H groups in total. The largest absolute Gasteiger partial charge is 0.377 e. The molecule has 2 aliphatic rings. The molecule has 0 radical (unpaired) electrons. The van der Waals surface area contributed by atoms with Gasteiger partial charge < -0.3 is 19.9 Å². The van der Waals surface area contributed by atoms with Gasteiger partial charge in [-0.3, -0.25) is 0 Å². The van der Waals surface area contributed by atoms with Crippen molar-refractivity contribution in [2.75, 3.05) is 43.5 Å². The lowest BCUT2D eigenvalue weighted by Crippen LogP contribution is -2.50. The number of hydrogen-bond donors (Lipinski definition) is 1. The number of carbonyl (C=O) groups is 1. The Balaban J connectivity index is 1.37. The molecule has 1 aliphatic heterocycles. The Kier molecular flexibility index (Phi) is 5.97. The maximum atomic E-state index is 12.8. The lowest BCUT2D eigenvalue weighted by Gasteiger charge is -2.36. The standard InChI is InChI=1S/C24H29N5O2S/c1-16-7-3-5-9-18(16)25-24(30)29-13-11-28(12-14-29)22-21-17-8-4-6-10-19(17)32-23(21)27-20(26-22)15-31-2/h3,5,7,9H,4,6,8,10-15H2,1-2H3,(H,25,30). The van der Waals surface area contributed by atoms with Crippen molar-refractivity contribution in [2.45, 2.75) is 39.2 Å². The molecule has 1 aromatic carbocycles. The van der Waals surface area contributed by atoms with Crippen molar-refractivity contribution in [3.8, 4) is 0 Å². The van der Waals surface area contributed by atoms with Gasteiger partial charge in [0.1, 0.15) is 17.3 Å². The molecule has 0 spiro atoms. The molecule has 8 heteroatoms. The Labute approximate surface area is 192 Å². The van der Waals surface area contributed by atoms with Crippen LogP contribution in [-0.4, -0.2) is 54.2 Å². The molecule has 2 aromatic heterocycles. The van der Waals surface area contributed by atoms with Crippen LogP contribution in [0.25, 0.3) is 10.2 Å². The van der Waals surface area contributed by atoms with Crippen LogP contribution in [0.1, 0.15) is 34.7 Å². The minimum atomic E-state index is -0.0419. The molecule has 1 fully saturated rings. The fraction of sp³-hybridized carbons (Fsp3) is 0.458. The van der Waals surface area contributed by atoms with E-state index in [1.165, 1.54) is 28.7 Å². The molecule has 1 saturated heterocycles. The highest BCUT2D eigenvalue weighted by Crippen LogP contribution is 2.40. The van der Waals surface area contributed by atoms with Crippen LogP contribution in [0.2, 0.25) is 0 Å². The minimum Gasteiger partial charge on any atom is -0.377 e. The van der Waals surface area contributed by atoms with Crippen LogP contribution in [0, 0.1) is 6.92 Å². The number of anilines is 2. The normalized spacial score (nSPS) is 16.3. The number of para-hydroxylation sites is 1. The fourth-order valence-corrected chi connectivity index (χ4v) is 5.91. The van der Waals surface area contributed by atoms with E-state index in [0.29, 0.717) is 19.7 Å². The summed E-state index contributed by atoms with van der Waals surface area (Å²) >= 11 is 1.82. The summed E-state index contributed by atoms with van der Waals surface area (Å²) in [5.41, 5.74) is 3.37. The average molecular weight is 452 g/mol. The van der Waals surface area contributed by atoms with Crippen molar-refractivity contribution in [1.29, 1.82) is 0 Å². The van der Waals surface area contributed by atoms with E-state index in [4.69, 9.17) is 14.7 Å². The minimum absolute atomic E-state index is 0.0419. The van der Waals surface area contributed by atoms with Crippen LogP contribution in [0.3, 0.4) is 0 Å². The van der Waals surface area contributed by atoms with E-state index in [9.17, 15) is 4.79 Å². The van der Waals surface area contributed by atoms with Gasteiger partial charge in [-0.05, 0) is 49.8 Å². The molecule has 0 bridgehead atoms. The van der Waals surface area contributed by atoms with E-state index in [2.05, 4.69) is 10.2 Å². The van der Waals surface area contributed by atoms with Gasteiger partial charge >= 0.3 is 6.03 Å². The van der Waals surface area contributed by atoms with Crippen LogP contribution < -0.4 is 10.2 Å². The van der Waals surface area contributed by atoms with Crippen LogP contribution in [0.5, 0.6) is 0 Å². The molecule has 3 heterocycles. The number of urea groups is 1. The topological polar surface area (TPSA) is 70.6 Å². The summed E-state index contributed by atoms with van der Waals surface area (Å²) < 4.78 is 5.34. The quantitative estimate of drug-likeness (QED) is 0.638. The van der Waals surface area contributed by atoms with E-state index in [0.717, 1.165) is 53.7 Å². The molecule has 2 amide bonds. The number of aryl methyl sites for hydroxylation is 3. The summed E-state index contributed by atoms with van der Waals surface area (Å²) in [7, 11) is 1.68. The molecule has 0 saturated carbocycles. The zero-order valence-electron chi connectivity index (χ0n) is 18.7.